The first-order valence-electron chi connectivity index (χ1n) is 7.58. The molecule has 1 aromatic rings. The lowest BCUT2D eigenvalue weighted by atomic mass is 9.98. The lowest BCUT2D eigenvalue weighted by molar-refractivity contribution is -0.112. The summed E-state index contributed by atoms with van der Waals surface area (Å²) in [7, 11) is 0. The zero-order valence-corrected chi connectivity index (χ0v) is 14.7. The number of halogens is 2. The van der Waals surface area contributed by atoms with E-state index in [1.165, 1.54) is 6.42 Å². The summed E-state index contributed by atoms with van der Waals surface area (Å²) >= 11 is 12.0. The van der Waals surface area contributed by atoms with Crippen LogP contribution in [0.15, 0.2) is 30.0 Å². The third-order valence-electron chi connectivity index (χ3n) is 4.10. The van der Waals surface area contributed by atoms with Crippen molar-refractivity contribution in [3.8, 4) is 6.07 Å². The molecular weight excluding hydrogens is 333 g/mol. The SMILES string of the molecule is CC1CCCC(C)N1/C=C(/C#N)C(=O)Nc1cccc(Cl)c1Cl. The zero-order valence-electron chi connectivity index (χ0n) is 13.1. The molecule has 2 atom stereocenters. The highest BCUT2D eigenvalue weighted by Gasteiger charge is 2.24. The van der Waals surface area contributed by atoms with E-state index in [4.69, 9.17) is 23.2 Å². The van der Waals surface area contributed by atoms with Gasteiger partial charge in [0.15, 0.2) is 0 Å². The minimum Gasteiger partial charge on any atom is -0.371 e. The highest BCUT2D eigenvalue weighted by molar-refractivity contribution is 6.44. The quantitative estimate of drug-likeness (QED) is 0.639. The summed E-state index contributed by atoms with van der Waals surface area (Å²) in [6, 6.07) is 7.57. The molecule has 2 rings (SSSR count). The number of likely N-dealkylation sites (tertiary alicyclic amines) is 1. The van der Waals surface area contributed by atoms with Gasteiger partial charge in [-0.15, -0.1) is 0 Å². The predicted molar refractivity (Wildman–Crippen MR) is 93.4 cm³/mol. The van der Waals surface area contributed by atoms with Crippen LogP contribution in [-0.4, -0.2) is 22.9 Å². The Morgan fingerprint density at radius 3 is 2.61 bits per heavy atom. The minimum atomic E-state index is -0.485. The lowest BCUT2D eigenvalue weighted by Crippen LogP contribution is -2.40. The largest absolute Gasteiger partial charge is 0.371 e. The Hall–Kier alpha value is -1.70. The first kappa shape index (κ1) is 17.7. The predicted octanol–water partition coefficient (Wildman–Crippen LogP) is 4.60. The van der Waals surface area contributed by atoms with Crippen LogP contribution in [-0.2, 0) is 4.79 Å². The minimum absolute atomic E-state index is 0.0571. The Balaban J connectivity index is 2.20. The number of hydrogen-bond acceptors (Lipinski definition) is 3. The molecule has 0 aromatic heterocycles. The summed E-state index contributed by atoms with van der Waals surface area (Å²) in [6.07, 6.45) is 4.93. The number of anilines is 1. The van der Waals surface area contributed by atoms with Gasteiger partial charge in [-0.25, -0.2) is 0 Å². The van der Waals surface area contributed by atoms with Crippen molar-refractivity contribution < 1.29 is 4.79 Å². The maximum absolute atomic E-state index is 12.4. The van der Waals surface area contributed by atoms with Crippen LogP contribution < -0.4 is 5.32 Å². The van der Waals surface area contributed by atoms with Crippen LogP contribution >= 0.6 is 23.2 Å². The van der Waals surface area contributed by atoms with Crippen LogP contribution in [0, 0.1) is 11.3 Å². The Bertz CT molecular complexity index is 656. The number of benzene rings is 1. The number of carbonyl (C=O) groups is 1. The first-order chi connectivity index (χ1) is 10.9. The summed E-state index contributed by atoms with van der Waals surface area (Å²) in [6.45, 7) is 4.21. The average Bonchev–Trinajstić information content (AvgIpc) is 2.51. The monoisotopic (exact) mass is 351 g/mol. The second-order valence-electron chi connectivity index (χ2n) is 5.79. The van der Waals surface area contributed by atoms with E-state index in [9.17, 15) is 10.1 Å². The van der Waals surface area contributed by atoms with Crippen molar-refractivity contribution in [2.75, 3.05) is 5.32 Å². The molecule has 1 amide bonds. The first-order valence-corrected chi connectivity index (χ1v) is 8.34. The van der Waals surface area contributed by atoms with Gasteiger partial charge >= 0.3 is 0 Å². The molecule has 6 heteroatoms. The van der Waals surface area contributed by atoms with Gasteiger partial charge in [-0.2, -0.15) is 5.26 Å². The number of rotatable bonds is 3. The third kappa shape index (κ3) is 4.19. The number of hydrogen-bond donors (Lipinski definition) is 1. The molecule has 1 aromatic carbocycles. The Morgan fingerprint density at radius 1 is 1.35 bits per heavy atom. The normalized spacial score (nSPS) is 21.7. The summed E-state index contributed by atoms with van der Waals surface area (Å²) in [4.78, 5) is 14.4. The summed E-state index contributed by atoms with van der Waals surface area (Å²) < 4.78 is 0. The number of carbonyl (C=O) groups excluding carboxylic acids is 1. The van der Waals surface area contributed by atoms with E-state index >= 15 is 0 Å². The second-order valence-corrected chi connectivity index (χ2v) is 6.57. The van der Waals surface area contributed by atoms with Crippen molar-refractivity contribution >= 4 is 34.8 Å². The maximum Gasteiger partial charge on any atom is 0.267 e. The fourth-order valence-electron chi connectivity index (χ4n) is 2.77. The number of nitriles is 1. The fraction of sp³-hybridized carbons (Fsp3) is 0.412. The van der Waals surface area contributed by atoms with E-state index in [-0.39, 0.29) is 10.6 Å². The van der Waals surface area contributed by atoms with Crippen LogP contribution in [0.25, 0.3) is 0 Å². The molecule has 1 heterocycles. The molecule has 0 saturated carbocycles. The van der Waals surface area contributed by atoms with E-state index in [1.807, 2.05) is 6.07 Å². The van der Waals surface area contributed by atoms with Crippen LogP contribution in [0.2, 0.25) is 10.0 Å². The van der Waals surface area contributed by atoms with Gasteiger partial charge in [-0.3, -0.25) is 4.79 Å². The maximum atomic E-state index is 12.4. The van der Waals surface area contributed by atoms with E-state index in [2.05, 4.69) is 24.1 Å². The summed E-state index contributed by atoms with van der Waals surface area (Å²) in [5.41, 5.74) is 0.451. The molecule has 1 fully saturated rings. The molecule has 2 unspecified atom stereocenters. The molecule has 1 saturated heterocycles. The molecule has 0 bridgehead atoms. The molecule has 0 spiro atoms. The van der Waals surface area contributed by atoms with Gasteiger partial charge in [0.2, 0.25) is 0 Å². The van der Waals surface area contributed by atoms with Crippen molar-refractivity contribution in [2.45, 2.75) is 45.2 Å². The highest BCUT2D eigenvalue weighted by atomic mass is 35.5. The van der Waals surface area contributed by atoms with Crippen LogP contribution in [0.3, 0.4) is 0 Å². The molecule has 4 nitrogen and oxygen atoms in total. The van der Waals surface area contributed by atoms with Crippen LogP contribution in [0.4, 0.5) is 5.69 Å². The van der Waals surface area contributed by atoms with Crippen LogP contribution in [0.1, 0.15) is 33.1 Å². The number of piperidine rings is 1. The molecule has 23 heavy (non-hydrogen) atoms. The molecule has 1 aliphatic heterocycles. The molecule has 1 N–H and O–H groups in total. The fourth-order valence-corrected chi connectivity index (χ4v) is 3.12. The molecule has 0 radical (unpaired) electrons. The number of nitrogens with one attached hydrogen (secondary N) is 1. The zero-order chi connectivity index (χ0) is 17.0. The smallest absolute Gasteiger partial charge is 0.267 e. The van der Waals surface area contributed by atoms with Gasteiger partial charge in [-0.1, -0.05) is 29.3 Å². The Morgan fingerprint density at radius 2 is 2.00 bits per heavy atom. The summed E-state index contributed by atoms with van der Waals surface area (Å²) in [5.74, 6) is -0.485. The van der Waals surface area contributed by atoms with Gasteiger partial charge in [0, 0.05) is 18.3 Å². The molecular formula is C17H19Cl2N3O. The molecule has 1 aliphatic rings. The van der Waals surface area contributed by atoms with E-state index in [1.54, 1.807) is 24.4 Å². The van der Waals surface area contributed by atoms with Crippen molar-refractivity contribution in [1.82, 2.24) is 4.90 Å². The van der Waals surface area contributed by atoms with Gasteiger partial charge in [0.25, 0.3) is 5.91 Å². The van der Waals surface area contributed by atoms with Gasteiger partial charge in [0.1, 0.15) is 11.6 Å². The molecule has 0 aliphatic carbocycles. The Labute approximate surface area is 146 Å². The van der Waals surface area contributed by atoms with Crippen molar-refractivity contribution in [2.24, 2.45) is 0 Å². The second kappa shape index (κ2) is 7.72. The van der Waals surface area contributed by atoms with E-state index < -0.39 is 5.91 Å². The average molecular weight is 352 g/mol. The third-order valence-corrected chi connectivity index (χ3v) is 4.92. The van der Waals surface area contributed by atoms with Crippen LogP contribution in [0.5, 0.6) is 0 Å². The van der Waals surface area contributed by atoms with Crippen molar-refractivity contribution in [3.63, 3.8) is 0 Å². The Kier molecular flexibility index (Phi) is 5.92. The van der Waals surface area contributed by atoms with Gasteiger partial charge < -0.3 is 10.2 Å². The van der Waals surface area contributed by atoms with Gasteiger partial charge in [0.05, 0.1) is 15.7 Å². The van der Waals surface area contributed by atoms with Crippen molar-refractivity contribution in [1.29, 1.82) is 5.26 Å². The van der Waals surface area contributed by atoms with E-state index in [0.717, 1.165) is 12.8 Å². The molecule has 122 valence electrons. The topological polar surface area (TPSA) is 56.1 Å². The van der Waals surface area contributed by atoms with Gasteiger partial charge in [-0.05, 0) is 45.2 Å². The number of nitrogens with zero attached hydrogens (tertiary/aromatic N) is 2. The standard InChI is InChI=1S/C17H19Cl2N3O/c1-11-5-3-6-12(2)22(11)10-13(9-20)17(23)21-15-8-4-7-14(18)16(15)19/h4,7-8,10-12H,3,5-6H2,1-2H3,(H,21,23)/b13-10-. The van der Waals surface area contributed by atoms with E-state index in [0.29, 0.717) is 22.8 Å². The highest BCUT2D eigenvalue weighted by Crippen LogP contribution is 2.30. The lowest BCUT2D eigenvalue weighted by Gasteiger charge is -2.38. The van der Waals surface area contributed by atoms with Crippen molar-refractivity contribution in [3.05, 3.63) is 40.0 Å². The summed E-state index contributed by atoms with van der Waals surface area (Å²) in [5, 5.41) is 12.6. The number of amides is 1.